The molecule has 1 rings (SSSR count). The van der Waals surface area contributed by atoms with Crippen LogP contribution in [0.2, 0.25) is 19.6 Å². The van der Waals surface area contributed by atoms with Gasteiger partial charge in [-0.1, -0.05) is 12.2 Å². The highest BCUT2D eigenvalue weighted by Gasteiger charge is 2.49. The monoisotopic (exact) mass is 340 g/mol. The first kappa shape index (κ1) is 20.1. The fraction of sp³-hybridized carbons (Fsp3) is 0.778. The van der Waals surface area contributed by atoms with Crippen LogP contribution in [-0.4, -0.2) is 33.3 Å². The largest absolute Gasteiger partial charge is 0.469 e. The van der Waals surface area contributed by atoms with Crippen LogP contribution in [0.25, 0.3) is 0 Å². The zero-order valence-electron chi connectivity index (χ0n) is 15.6. The van der Waals surface area contributed by atoms with Gasteiger partial charge in [0.2, 0.25) is 0 Å². The minimum absolute atomic E-state index is 0.0613. The lowest BCUT2D eigenvalue weighted by atomic mass is 9.63. The number of hydrogen-bond acceptors (Lipinski definition) is 4. The van der Waals surface area contributed by atoms with E-state index in [0.717, 1.165) is 12.8 Å². The van der Waals surface area contributed by atoms with Crippen LogP contribution in [0.3, 0.4) is 0 Å². The Kier molecular flexibility index (Phi) is 6.78. The summed E-state index contributed by atoms with van der Waals surface area (Å²) in [4.78, 5) is 25.0. The molecule has 3 atom stereocenters. The van der Waals surface area contributed by atoms with Crippen molar-refractivity contribution in [2.24, 2.45) is 17.3 Å². The topological polar surface area (TPSA) is 52.6 Å². The summed E-state index contributed by atoms with van der Waals surface area (Å²) in [5.41, 5.74) is -0.696. The summed E-state index contributed by atoms with van der Waals surface area (Å²) >= 11 is 0. The molecule has 0 aromatic heterocycles. The molecule has 1 saturated carbocycles. The number of methoxy groups -OCH3 is 1. The van der Waals surface area contributed by atoms with Crippen molar-refractivity contribution in [2.75, 3.05) is 7.11 Å². The smallest absolute Gasteiger partial charge is 0.311 e. The number of hydrogen-bond donors (Lipinski definition) is 0. The van der Waals surface area contributed by atoms with E-state index in [0.29, 0.717) is 6.42 Å². The number of ether oxygens (including phenoxy) is 1. The summed E-state index contributed by atoms with van der Waals surface area (Å²) in [5, 5.41) is 0. The van der Waals surface area contributed by atoms with Gasteiger partial charge in [0, 0.05) is 6.42 Å². The molecular weight excluding hydrogens is 308 g/mol. The normalized spacial score (nSPS) is 24.7. The van der Waals surface area contributed by atoms with Crippen LogP contribution < -0.4 is 0 Å². The second-order valence-corrected chi connectivity index (χ2v) is 12.4. The number of carbonyl (C=O) groups is 2. The van der Waals surface area contributed by atoms with Crippen LogP contribution in [0.1, 0.15) is 40.0 Å². The number of carbonyl (C=O) groups excluding carboxylic acids is 2. The van der Waals surface area contributed by atoms with Crippen molar-refractivity contribution >= 4 is 20.1 Å². The lowest BCUT2D eigenvalue weighted by molar-refractivity contribution is -0.158. The first-order valence-electron chi connectivity index (χ1n) is 8.46. The average molecular weight is 341 g/mol. The standard InChI is InChI=1S/C18H32O4Si/c1-8-10-15(22-23(5,6)7)16-13(11-9-12-14(16)19)18(2,3)17(20)21-4/h8,10,13,15-16H,9,11-12H2,1-7H3/b10-8+/t13-,15+,16+/m0/s1. The fourth-order valence-corrected chi connectivity index (χ4v) is 4.58. The Labute approximate surface area is 141 Å². The Hall–Kier alpha value is -0.943. The number of allylic oxidation sites excluding steroid dienone is 1. The van der Waals surface area contributed by atoms with Crippen molar-refractivity contribution in [1.29, 1.82) is 0 Å². The molecule has 0 heterocycles. The molecule has 23 heavy (non-hydrogen) atoms. The summed E-state index contributed by atoms with van der Waals surface area (Å²) in [6.45, 7) is 12.1. The summed E-state index contributed by atoms with van der Waals surface area (Å²) in [5.74, 6) is -0.386. The van der Waals surface area contributed by atoms with Crippen LogP contribution in [0, 0.1) is 17.3 Å². The molecule has 0 radical (unpaired) electrons. The van der Waals surface area contributed by atoms with Crippen molar-refractivity contribution in [1.82, 2.24) is 0 Å². The van der Waals surface area contributed by atoms with Crippen molar-refractivity contribution in [2.45, 2.75) is 65.8 Å². The maximum absolute atomic E-state index is 12.7. The molecule has 0 unspecified atom stereocenters. The Morgan fingerprint density at radius 1 is 1.35 bits per heavy atom. The van der Waals surface area contributed by atoms with E-state index >= 15 is 0 Å². The maximum Gasteiger partial charge on any atom is 0.311 e. The van der Waals surface area contributed by atoms with Gasteiger partial charge in [-0.15, -0.1) is 0 Å². The Morgan fingerprint density at radius 3 is 2.43 bits per heavy atom. The van der Waals surface area contributed by atoms with Gasteiger partial charge in [0.25, 0.3) is 0 Å². The molecule has 0 bridgehead atoms. The third-order valence-electron chi connectivity index (χ3n) is 4.61. The van der Waals surface area contributed by atoms with E-state index in [2.05, 4.69) is 19.6 Å². The van der Waals surface area contributed by atoms with E-state index in [4.69, 9.17) is 9.16 Å². The van der Waals surface area contributed by atoms with Crippen LogP contribution in [0.4, 0.5) is 0 Å². The highest BCUT2D eigenvalue weighted by atomic mass is 28.4. The summed E-state index contributed by atoms with van der Waals surface area (Å²) in [7, 11) is -0.406. The molecule has 0 saturated heterocycles. The molecule has 0 amide bonds. The van der Waals surface area contributed by atoms with Crippen LogP contribution >= 0.6 is 0 Å². The quantitative estimate of drug-likeness (QED) is 0.417. The third-order valence-corrected chi connectivity index (χ3v) is 5.59. The maximum atomic E-state index is 12.7. The molecule has 0 aromatic carbocycles. The lowest BCUT2D eigenvalue weighted by Crippen LogP contribution is -2.49. The van der Waals surface area contributed by atoms with Crippen molar-refractivity contribution in [3.05, 3.63) is 12.2 Å². The van der Waals surface area contributed by atoms with Gasteiger partial charge in [0.15, 0.2) is 8.32 Å². The number of Topliss-reactive ketones (excluding diaryl/α,β-unsaturated/α-hetero) is 1. The van der Waals surface area contributed by atoms with E-state index in [9.17, 15) is 9.59 Å². The van der Waals surface area contributed by atoms with Gasteiger partial charge in [-0.2, -0.15) is 0 Å². The molecule has 5 heteroatoms. The van der Waals surface area contributed by atoms with E-state index in [1.807, 2.05) is 32.9 Å². The van der Waals surface area contributed by atoms with Gasteiger partial charge < -0.3 is 9.16 Å². The fourth-order valence-electron chi connectivity index (χ4n) is 3.53. The first-order chi connectivity index (χ1) is 10.5. The van der Waals surface area contributed by atoms with Gasteiger partial charge >= 0.3 is 5.97 Å². The van der Waals surface area contributed by atoms with E-state index in [-0.39, 0.29) is 29.7 Å². The average Bonchev–Trinajstić information content (AvgIpc) is 2.44. The lowest BCUT2D eigenvalue weighted by Gasteiger charge is -2.43. The molecule has 4 nitrogen and oxygen atoms in total. The number of esters is 1. The van der Waals surface area contributed by atoms with Crippen LogP contribution in [0.15, 0.2) is 12.2 Å². The predicted octanol–water partition coefficient (Wildman–Crippen LogP) is 3.97. The Bertz CT molecular complexity index is 462. The molecule has 0 N–H and O–H groups in total. The van der Waals surface area contributed by atoms with E-state index in [1.54, 1.807) is 0 Å². The highest BCUT2D eigenvalue weighted by molar-refractivity contribution is 6.69. The molecular formula is C18H32O4Si. The molecule has 1 aliphatic rings. The minimum Gasteiger partial charge on any atom is -0.469 e. The molecule has 1 aliphatic carbocycles. The highest BCUT2D eigenvalue weighted by Crippen LogP contribution is 2.44. The predicted molar refractivity (Wildman–Crippen MR) is 94.7 cm³/mol. The second-order valence-electron chi connectivity index (χ2n) is 7.92. The molecule has 1 fully saturated rings. The van der Waals surface area contributed by atoms with Gasteiger partial charge in [-0.05, 0) is 59.2 Å². The molecule has 0 spiro atoms. The minimum atomic E-state index is -1.81. The van der Waals surface area contributed by atoms with Gasteiger partial charge in [0.1, 0.15) is 5.78 Å². The van der Waals surface area contributed by atoms with Gasteiger partial charge in [-0.3, -0.25) is 9.59 Å². The van der Waals surface area contributed by atoms with E-state index < -0.39 is 13.7 Å². The Balaban J connectivity index is 3.22. The zero-order chi connectivity index (χ0) is 17.8. The van der Waals surface area contributed by atoms with Crippen molar-refractivity contribution in [3.63, 3.8) is 0 Å². The second kappa shape index (κ2) is 7.75. The van der Waals surface area contributed by atoms with Crippen LogP contribution in [0.5, 0.6) is 0 Å². The first-order valence-corrected chi connectivity index (χ1v) is 11.9. The molecule has 0 aliphatic heterocycles. The Morgan fingerprint density at radius 2 is 1.96 bits per heavy atom. The SMILES string of the molecule is C/C=C/[C@@H](O[Si](C)(C)C)[C@H]1C(=O)CCC[C@@H]1C(C)(C)C(=O)OC. The zero-order valence-corrected chi connectivity index (χ0v) is 16.6. The summed E-state index contributed by atoms with van der Waals surface area (Å²) in [6, 6.07) is 0. The van der Waals surface area contributed by atoms with Gasteiger partial charge in [0.05, 0.1) is 24.5 Å². The van der Waals surface area contributed by atoms with Gasteiger partial charge in [-0.25, -0.2) is 0 Å². The summed E-state index contributed by atoms with van der Waals surface area (Å²) in [6.07, 6.45) is 5.91. The summed E-state index contributed by atoms with van der Waals surface area (Å²) < 4.78 is 11.3. The van der Waals surface area contributed by atoms with Crippen molar-refractivity contribution in [3.8, 4) is 0 Å². The number of ketones is 1. The molecule has 0 aromatic rings. The van der Waals surface area contributed by atoms with Crippen molar-refractivity contribution < 1.29 is 18.8 Å². The molecule has 132 valence electrons. The number of rotatable bonds is 6. The van der Waals surface area contributed by atoms with Crippen LogP contribution in [-0.2, 0) is 18.8 Å². The van der Waals surface area contributed by atoms with E-state index in [1.165, 1.54) is 7.11 Å². The third kappa shape index (κ3) is 5.01.